The molecule has 1 aromatic carbocycles. The second kappa shape index (κ2) is 11.6. The zero-order valence-electron chi connectivity index (χ0n) is 17.5. The van der Waals surface area contributed by atoms with Crippen molar-refractivity contribution in [2.75, 3.05) is 50.2 Å². The monoisotopic (exact) mass is 572 g/mol. The minimum Gasteiger partial charge on any atom is -0.343 e. The number of hydrogen-bond donors (Lipinski definition) is 1. The first kappa shape index (κ1) is 25.2. The number of carbonyl (C=O) groups is 2. The van der Waals surface area contributed by atoms with Gasteiger partial charge in [-0.25, -0.2) is 0 Å². The van der Waals surface area contributed by atoms with Gasteiger partial charge in [0.15, 0.2) is 11.6 Å². The van der Waals surface area contributed by atoms with Crippen molar-refractivity contribution in [1.29, 1.82) is 0 Å². The van der Waals surface area contributed by atoms with Crippen LogP contribution in [0.25, 0.3) is 0 Å². The van der Waals surface area contributed by atoms with Crippen molar-refractivity contribution < 1.29 is 28.5 Å². The van der Waals surface area contributed by atoms with Crippen LogP contribution in [0.15, 0.2) is 48.6 Å². The summed E-state index contributed by atoms with van der Waals surface area (Å²) >= 11 is 6.67. The molecule has 1 aromatic rings. The van der Waals surface area contributed by atoms with Gasteiger partial charge in [-0.1, -0.05) is 56.1 Å². The Labute approximate surface area is 203 Å². The number of rotatable bonds is 7. The van der Waals surface area contributed by atoms with E-state index in [1.165, 1.54) is 4.90 Å². The largest absolute Gasteiger partial charge is 0.343 e. The van der Waals surface area contributed by atoms with Crippen molar-refractivity contribution in [3.63, 3.8) is 0 Å². The number of benzene rings is 1. The van der Waals surface area contributed by atoms with E-state index in [0.29, 0.717) is 54.8 Å². The number of fused-ring (bicyclic) bond motifs is 1. The average Bonchev–Trinajstić information content (AvgIpc) is 3.55. The summed E-state index contributed by atoms with van der Waals surface area (Å²) in [6, 6.07) is 6.84. The van der Waals surface area contributed by atoms with Crippen LogP contribution in [0.4, 0.5) is 0 Å². The Morgan fingerprint density at radius 1 is 0.844 bits per heavy atom. The van der Waals surface area contributed by atoms with Gasteiger partial charge in [0.25, 0.3) is 11.8 Å². The summed E-state index contributed by atoms with van der Waals surface area (Å²) in [5, 5.41) is 1.15. The van der Waals surface area contributed by atoms with Crippen LogP contribution in [-0.4, -0.2) is 78.5 Å². The standard InChI is InChI=1S/C15H14BrNO4.C7H12BrNO2/c16-10-15(20-8-9-21-15)6-3-7-17-13(18)11-4-1-2-5-12(11)14(17)19;8-6-7(2-1-3-9)10-4-5-11-7/h1-6H,7-10H2;1-2H,3-6,9H2/b6-3+;2-1+. The normalized spacial score (nSPS) is 21.4. The van der Waals surface area contributed by atoms with Gasteiger partial charge in [-0.05, 0) is 24.3 Å². The molecule has 3 aliphatic rings. The minimum absolute atomic E-state index is 0.202. The van der Waals surface area contributed by atoms with Crippen molar-refractivity contribution in [3.05, 3.63) is 59.7 Å². The molecule has 0 radical (unpaired) electrons. The maximum atomic E-state index is 12.2. The van der Waals surface area contributed by atoms with Crippen LogP contribution in [0.1, 0.15) is 20.7 Å². The fourth-order valence-corrected chi connectivity index (χ4v) is 4.39. The summed E-state index contributed by atoms with van der Waals surface area (Å²) < 4.78 is 21.8. The molecular weight excluding hydrogens is 548 g/mol. The molecule has 2 N–H and O–H groups in total. The second-order valence-corrected chi connectivity index (χ2v) is 8.21. The molecule has 2 fully saturated rings. The molecule has 0 aliphatic carbocycles. The summed E-state index contributed by atoms with van der Waals surface area (Å²) in [7, 11) is 0. The zero-order chi connectivity index (χ0) is 23.0. The van der Waals surface area contributed by atoms with E-state index >= 15 is 0 Å². The number of carbonyl (C=O) groups excluding carboxylic acids is 2. The van der Waals surface area contributed by atoms with Crippen LogP contribution in [0.3, 0.4) is 0 Å². The Kier molecular flexibility index (Phi) is 9.18. The fraction of sp³-hybridized carbons (Fsp3) is 0.455. The van der Waals surface area contributed by atoms with E-state index in [-0.39, 0.29) is 18.4 Å². The van der Waals surface area contributed by atoms with Crippen molar-refractivity contribution in [1.82, 2.24) is 4.90 Å². The van der Waals surface area contributed by atoms with E-state index < -0.39 is 11.6 Å². The van der Waals surface area contributed by atoms with Gasteiger partial charge in [-0.3, -0.25) is 14.5 Å². The predicted molar refractivity (Wildman–Crippen MR) is 126 cm³/mol. The zero-order valence-corrected chi connectivity index (χ0v) is 20.7. The average molecular weight is 574 g/mol. The molecule has 32 heavy (non-hydrogen) atoms. The molecule has 174 valence electrons. The second-order valence-electron chi connectivity index (χ2n) is 7.09. The molecule has 0 atom stereocenters. The number of ether oxygens (including phenoxy) is 4. The highest BCUT2D eigenvalue weighted by Gasteiger charge is 2.36. The van der Waals surface area contributed by atoms with Crippen LogP contribution in [0.5, 0.6) is 0 Å². The topological polar surface area (TPSA) is 100 Å². The summed E-state index contributed by atoms with van der Waals surface area (Å²) in [5.41, 5.74) is 6.22. The van der Waals surface area contributed by atoms with Crippen LogP contribution >= 0.6 is 31.9 Å². The molecule has 10 heteroatoms. The Bertz CT molecular complexity index is 829. The van der Waals surface area contributed by atoms with Crippen LogP contribution in [0, 0.1) is 0 Å². The minimum atomic E-state index is -0.793. The molecule has 3 aliphatic heterocycles. The molecular formula is C22H26Br2N2O6. The highest BCUT2D eigenvalue weighted by molar-refractivity contribution is 9.09. The molecule has 0 spiro atoms. The number of amides is 2. The molecule has 0 saturated carbocycles. The smallest absolute Gasteiger partial charge is 0.261 e. The van der Waals surface area contributed by atoms with Crippen LogP contribution < -0.4 is 5.73 Å². The Hall–Kier alpha value is -1.40. The number of nitrogens with two attached hydrogens (primary N) is 1. The van der Waals surface area contributed by atoms with E-state index in [9.17, 15) is 9.59 Å². The Balaban J connectivity index is 0.000000222. The number of nitrogens with zero attached hydrogens (tertiary/aromatic N) is 1. The highest BCUT2D eigenvalue weighted by atomic mass is 79.9. The maximum Gasteiger partial charge on any atom is 0.261 e. The van der Waals surface area contributed by atoms with E-state index in [0.717, 1.165) is 0 Å². The third-order valence-electron chi connectivity index (χ3n) is 4.97. The first-order valence-electron chi connectivity index (χ1n) is 10.2. The lowest BCUT2D eigenvalue weighted by Crippen LogP contribution is -2.32. The molecule has 0 bridgehead atoms. The Morgan fingerprint density at radius 3 is 1.69 bits per heavy atom. The lowest BCUT2D eigenvalue weighted by Gasteiger charge is -2.21. The SMILES string of the molecule is NC/C=C/C1(CBr)OCCO1.O=C1c2ccccc2C(=O)N1C/C=C/C1(CBr)OCCO1. The van der Waals surface area contributed by atoms with Crippen molar-refractivity contribution in [2.45, 2.75) is 11.6 Å². The van der Waals surface area contributed by atoms with Gasteiger partial charge in [0.1, 0.15) is 0 Å². The number of hydrogen-bond acceptors (Lipinski definition) is 7. The van der Waals surface area contributed by atoms with Gasteiger partial charge < -0.3 is 24.7 Å². The number of alkyl halides is 2. The Morgan fingerprint density at radius 2 is 1.28 bits per heavy atom. The number of imide groups is 1. The summed E-state index contributed by atoms with van der Waals surface area (Å²) in [5.74, 6) is -1.87. The molecule has 8 nitrogen and oxygen atoms in total. The lowest BCUT2D eigenvalue weighted by molar-refractivity contribution is -0.0949. The van der Waals surface area contributed by atoms with Gasteiger partial charge in [-0.2, -0.15) is 0 Å². The van der Waals surface area contributed by atoms with Crippen LogP contribution in [-0.2, 0) is 18.9 Å². The quantitative estimate of drug-likeness (QED) is 0.304. The lowest BCUT2D eigenvalue weighted by atomic mass is 10.1. The van der Waals surface area contributed by atoms with Gasteiger partial charge in [0.2, 0.25) is 0 Å². The van der Waals surface area contributed by atoms with E-state index in [4.69, 9.17) is 24.7 Å². The van der Waals surface area contributed by atoms with Crippen molar-refractivity contribution >= 4 is 43.7 Å². The summed E-state index contributed by atoms with van der Waals surface area (Å²) in [6.45, 7) is 3.09. The fourth-order valence-electron chi connectivity index (χ4n) is 3.37. The summed E-state index contributed by atoms with van der Waals surface area (Å²) in [4.78, 5) is 25.6. The molecule has 3 heterocycles. The van der Waals surface area contributed by atoms with Gasteiger partial charge in [0, 0.05) is 13.1 Å². The van der Waals surface area contributed by atoms with E-state index in [1.807, 2.05) is 12.2 Å². The predicted octanol–water partition coefficient (Wildman–Crippen LogP) is 2.62. The van der Waals surface area contributed by atoms with Gasteiger partial charge in [0.05, 0.1) is 48.2 Å². The van der Waals surface area contributed by atoms with Crippen molar-refractivity contribution in [2.24, 2.45) is 5.73 Å². The summed E-state index contributed by atoms with van der Waals surface area (Å²) in [6.07, 6.45) is 7.17. The first-order chi connectivity index (χ1) is 15.5. The molecule has 2 amide bonds. The van der Waals surface area contributed by atoms with E-state index in [1.54, 1.807) is 36.4 Å². The van der Waals surface area contributed by atoms with Crippen molar-refractivity contribution in [3.8, 4) is 0 Å². The first-order valence-corrected chi connectivity index (χ1v) is 12.4. The maximum absolute atomic E-state index is 12.2. The van der Waals surface area contributed by atoms with E-state index in [2.05, 4.69) is 31.9 Å². The third-order valence-corrected chi connectivity index (χ3v) is 6.53. The third kappa shape index (κ3) is 5.74. The molecule has 0 unspecified atom stereocenters. The molecule has 2 saturated heterocycles. The van der Waals surface area contributed by atoms with Crippen LogP contribution in [0.2, 0.25) is 0 Å². The molecule has 4 rings (SSSR count). The molecule has 0 aromatic heterocycles. The van der Waals surface area contributed by atoms with Gasteiger partial charge >= 0.3 is 0 Å². The van der Waals surface area contributed by atoms with Gasteiger partial charge in [-0.15, -0.1) is 0 Å². The number of halogens is 2. The highest BCUT2D eigenvalue weighted by Crippen LogP contribution is 2.25.